The van der Waals surface area contributed by atoms with E-state index in [1.54, 1.807) is 12.4 Å². The number of rotatable bonds is 7. The number of hydrogen-bond acceptors (Lipinski definition) is 4. The lowest BCUT2D eigenvalue weighted by atomic mass is 10.1. The van der Waals surface area contributed by atoms with Crippen LogP contribution >= 0.6 is 0 Å². The fourth-order valence-electron chi connectivity index (χ4n) is 2.05. The monoisotopic (exact) mass is 262 g/mol. The minimum atomic E-state index is 0.0758. The van der Waals surface area contributed by atoms with Crippen LogP contribution in [-0.4, -0.2) is 41.5 Å². The van der Waals surface area contributed by atoms with E-state index in [1.165, 1.54) is 5.56 Å². The lowest BCUT2D eigenvalue weighted by Crippen LogP contribution is -2.41. The van der Waals surface area contributed by atoms with Crippen molar-refractivity contribution < 1.29 is 4.79 Å². The van der Waals surface area contributed by atoms with Crippen LogP contribution in [0.3, 0.4) is 0 Å². The Labute approximate surface area is 114 Å². The van der Waals surface area contributed by atoms with Gasteiger partial charge in [-0.25, -0.2) is 0 Å². The normalized spacial score (nSPS) is 16.4. The summed E-state index contributed by atoms with van der Waals surface area (Å²) in [6.45, 7) is 1.26. The Morgan fingerprint density at radius 1 is 1.53 bits per heavy atom. The fourth-order valence-corrected chi connectivity index (χ4v) is 2.05. The lowest BCUT2D eigenvalue weighted by molar-refractivity contribution is -0.122. The molecule has 0 saturated heterocycles. The molecule has 3 N–H and O–H groups in total. The van der Waals surface area contributed by atoms with Crippen LogP contribution in [-0.2, 0) is 11.3 Å². The number of nitrogens with two attached hydrogens (primary N) is 1. The molecule has 0 aromatic carbocycles. The molecule has 1 aromatic heterocycles. The third-order valence-corrected chi connectivity index (χ3v) is 3.44. The maximum absolute atomic E-state index is 11.8. The molecular weight excluding hydrogens is 240 g/mol. The molecule has 104 valence electrons. The van der Waals surface area contributed by atoms with Crippen molar-refractivity contribution in [3.05, 3.63) is 30.1 Å². The highest BCUT2D eigenvalue weighted by atomic mass is 16.1. The number of aromatic nitrogens is 1. The highest BCUT2D eigenvalue weighted by molar-refractivity contribution is 5.77. The van der Waals surface area contributed by atoms with Crippen LogP contribution in [0.5, 0.6) is 0 Å². The van der Waals surface area contributed by atoms with Gasteiger partial charge in [0.1, 0.15) is 0 Å². The van der Waals surface area contributed by atoms with Gasteiger partial charge in [-0.2, -0.15) is 0 Å². The van der Waals surface area contributed by atoms with Crippen LogP contribution in [0, 0.1) is 0 Å². The fraction of sp³-hybridized carbons (Fsp3) is 0.571. The first kappa shape index (κ1) is 14.0. The minimum absolute atomic E-state index is 0.0758. The summed E-state index contributed by atoms with van der Waals surface area (Å²) in [5.41, 5.74) is 6.97. The molecule has 1 aliphatic rings. The second-order valence-corrected chi connectivity index (χ2v) is 5.21. The quantitative estimate of drug-likeness (QED) is 0.751. The summed E-state index contributed by atoms with van der Waals surface area (Å²) in [7, 11) is 2.00. The molecule has 2 rings (SSSR count). The number of amides is 1. The van der Waals surface area contributed by atoms with Gasteiger partial charge >= 0.3 is 0 Å². The zero-order chi connectivity index (χ0) is 13.7. The third-order valence-electron chi connectivity index (χ3n) is 3.44. The summed E-state index contributed by atoms with van der Waals surface area (Å²) in [6, 6.07) is 4.45. The molecule has 1 unspecified atom stereocenters. The van der Waals surface area contributed by atoms with Crippen molar-refractivity contribution in [1.82, 2.24) is 15.2 Å². The molecule has 1 amide bonds. The second kappa shape index (κ2) is 6.63. The van der Waals surface area contributed by atoms with Crippen LogP contribution in [0.15, 0.2) is 24.5 Å². The van der Waals surface area contributed by atoms with Gasteiger partial charge in [0, 0.05) is 44.0 Å². The van der Waals surface area contributed by atoms with Gasteiger partial charge in [0.2, 0.25) is 5.91 Å². The summed E-state index contributed by atoms with van der Waals surface area (Å²) < 4.78 is 0. The van der Waals surface area contributed by atoms with Gasteiger partial charge in [-0.1, -0.05) is 0 Å². The van der Waals surface area contributed by atoms with Gasteiger partial charge in [0.25, 0.3) is 0 Å². The second-order valence-electron chi connectivity index (χ2n) is 5.21. The smallest absolute Gasteiger partial charge is 0.221 e. The largest absolute Gasteiger partial charge is 0.353 e. The van der Waals surface area contributed by atoms with Crippen molar-refractivity contribution in [2.45, 2.75) is 37.9 Å². The van der Waals surface area contributed by atoms with Crippen LogP contribution in [0.25, 0.3) is 0 Å². The molecule has 0 radical (unpaired) electrons. The van der Waals surface area contributed by atoms with Gasteiger partial charge in [-0.3, -0.25) is 14.7 Å². The summed E-state index contributed by atoms with van der Waals surface area (Å²) in [5, 5.41) is 3.01. The van der Waals surface area contributed by atoms with Gasteiger partial charge in [-0.15, -0.1) is 0 Å². The Hall–Kier alpha value is -1.46. The molecule has 1 saturated carbocycles. The highest BCUT2D eigenvalue weighted by Gasteiger charge is 2.25. The predicted octanol–water partition coefficient (Wildman–Crippen LogP) is 0.509. The summed E-state index contributed by atoms with van der Waals surface area (Å²) in [5.74, 6) is 0.111. The Bertz CT molecular complexity index is 405. The molecule has 1 aliphatic carbocycles. The third kappa shape index (κ3) is 4.61. The van der Waals surface area contributed by atoms with Crippen molar-refractivity contribution in [2.24, 2.45) is 5.73 Å². The maximum Gasteiger partial charge on any atom is 0.221 e. The van der Waals surface area contributed by atoms with Gasteiger partial charge < -0.3 is 11.1 Å². The van der Waals surface area contributed by atoms with Gasteiger partial charge in [0.15, 0.2) is 0 Å². The number of likely N-dealkylation sites (N-methyl/N-ethyl adjacent to an activating group) is 1. The number of pyridine rings is 1. The zero-order valence-corrected chi connectivity index (χ0v) is 11.4. The van der Waals surface area contributed by atoms with Gasteiger partial charge in [0.05, 0.1) is 0 Å². The first-order chi connectivity index (χ1) is 9.19. The van der Waals surface area contributed by atoms with E-state index in [0.29, 0.717) is 19.0 Å². The van der Waals surface area contributed by atoms with Crippen molar-refractivity contribution in [1.29, 1.82) is 0 Å². The number of carbonyl (C=O) groups is 1. The van der Waals surface area contributed by atoms with Crippen molar-refractivity contribution in [2.75, 3.05) is 13.6 Å². The van der Waals surface area contributed by atoms with Crippen LogP contribution in [0.4, 0.5) is 0 Å². The average Bonchev–Trinajstić information content (AvgIpc) is 3.21. The van der Waals surface area contributed by atoms with E-state index in [0.717, 1.165) is 19.4 Å². The molecule has 0 aliphatic heterocycles. The van der Waals surface area contributed by atoms with Gasteiger partial charge in [-0.05, 0) is 37.6 Å². The molecule has 1 aromatic rings. The van der Waals surface area contributed by atoms with E-state index in [9.17, 15) is 4.79 Å². The van der Waals surface area contributed by atoms with E-state index < -0.39 is 0 Å². The molecular formula is C14H22N4O. The Kier molecular flexibility index (Phi) is 4.87. The summed E-state index contributed by atoms with van der Waals surface area (Å²) in [4.78, 5) is 17.9. The van der Waals surface area contributed by atoms with Crippen LogP contribution in [0.1, 0.15) is 24.8 Å². The van der Waals surface area contributed by atoms with E-state index >= 15 is 0 Å². The van der Waals surface area contributed by atoms with Crippen molar-refractivity contribution >= 4 is 5.91 Å². The molecule has 19 heavy (non-hydrogen) atoms. The molecule has 5 heteroatoms. The molecule has 0 spiro atoms. The number of hydrogen-bond donors (Lipinski definition) is 2. The first-order valence-corrected chi connectivity index (χ1v) is 6.77. The zero-order valence-electron chi connectivity index (χ0n) is 11.4. The van der Waals surface area contributed by atoms with E-state index in [-0.39, 0.29) is 11.9 Å². The lowest BCUT2D eigenvalue weighted by Gasteiger charge is -2.26. The topological polar surface area (TPSA) is 71.2 Å². The molecule has 1 heterocycles. The molecule has 1 fully saturated rings. The highest BCUT2D eigenvalue weighted by Crippen LogP contribution is 2.19. The maximum atomic E-state index is 11.8. The van der Waals surface area contributed by atoms with E-state index in [2.05, 4.69) is 15.2 Å². The number of nitrogens with one attached hydrogen (secondary N) is 1. The number of nitrogens with zero attached hydrogens (tertiary/aromatic N) is 2. The molecule has 5 nitrogen and oxygen atoms in total. The Morgan fingerprint density at radius 3 is 2.79 bits per heavy atom. The predicted molar refractivity (Wildman–Crippen MR) is 74.3 cm³/mol. The average molecular weight is 262 g/mol. The number of carbonyl (C=O) groups excluding carboxylic acids is 1. The standard InChI is InChI=1S/C14H22N4O/c1-18(10-11-4-6-16-7-5-11)13(9-15)8-14(19)17-12-2-3-12/h4-7,12-13H,2-3,8-10,15H2,1H3,(H,17,19). The van der Waals surface area contributed by atoms with E-state index in [4.69, 9.17) is 5.73 Å². The van der Waals surface area contributed by atoms with Crippen LogP contribution in [0.2, 0.25) is 0 Å². The molecule has 0 bridgehead atoms. The molecule has 1 atom stereocenters. The SMILES string of the molecule is CN(Cc1ccncc1)C(CN)CC(=O)NC1CC1. The minimum Gasteiger partial charge on any atom is -0.353 e. The Morgan fingerprint density at radius 2 is 2.21 bits per heavy atom. The van der Waals surface area contributed by atoms with Crippen molar-refractivity contribution in [3.8, 4) is 0 Å². The van der Waals surface area contributed by atoms with Crippen LogP contribution < -0.4 is 11.1 Å². The summed E-state index contributed by atoms with van der Waals surface area (Å²) >= 11 is 0. The van der Waals surface area contributed by atoms with E-state index in [1.807, 2.05) is 19.2 Å². The van der Waals surface area contributed by atoms with Crippen molar-refractivity contribution in [3.63, 3.8) is 0 Å². The Balaban J connectivity index is 1.83. The summed E-state index contributed by atoms with van der Waals surface area (Å²) in [6.07, 6.45) is 6.26. The first-order valence-electron chi connectivity index (χ1n) is 6.77.